The average molecular weight is 480 g/mol. The molecular formula is C24H26FN7O3. The Balaban J connectivity index is 1.50. The number of nitrogens with zero attached hydrogens (tertiary/aromatic N) is 6. The van der Waals surface area contributed by atoms with Crippen LogP contribution in [0.1, 0.15) is 11.1 Å². The van der Waals surface area contributed by atoms with E-state index in [1.54, 1.807) is 6.20 Å². The summed E-state index contributed by atoms with van der Waals surface area (Å²) in [6, 6.07) is 9.73. The molecule has 0 aliphatic carbocycles. The van der Waals surface area contributed by atoms with Gasteiger partial charge in [0, 0.05) is 31.4 Å². The first-order valence-electron chi connectivity index (χ1n) is 11.4. The number of rotatable bonds is 8. The van der Waals surface area contributed by atoms with Crippen LogP contribution in [0.25, 0.3) is 22.6 Å². The van der Waals surface area contributed by atoms with Gasteiger partial charge in [0.2, 0.25) is 0 Å². The molecule has 0 atom stereocenters. The molecule has 4 heterocycles. The van der Waals surface area contributed by atoms with Gasteiger partial charge in [-0.1, -0.05) is 24.3 Å². The molecule has 0 bridgehead atoms. The van der Waals surface area contributed by atoms with Crippen molar-refractivity contribution >= 4 is 17.0 Å². The number of aliphatic hydroxyl groups excluding tert-OH is 1. The SMILES string of the molecule is Nc1nc(OCCO)nc2c1nc(-c1cncc(F)c1)n2Cc1ccc(CN2CCOCC2)cc1. The molecule has 1 aliphatic rings. The molecule has 1 saturated heterocycles. The number of benzene rings is 1. The quantitative estimate of drug-likeness (QED) is 0.390. The zero-order valence-electron chi connectivity index (χ0n) is 19.1. The molecule has 0 unspecified atom stereocenters. The molecule has 10 nitrogen and oxygen atoms in total. The molecule has 0 saturated carbocycles. The number of nitrogens with two attached hydrogens (primary N) is 1. The number of morpholine rings is 1. The Kier molecular flexibility index (Phi) is 6.80. The summed E-state index contributed by atoms with van der Waals surface area (Å²) >= 11 is 0. The van der Waals surface area contributed by atoms with Crippen molar-refractivity contribution in [2.24, 2.45) is 0 Å². The van der Waals surface area contributed by atoms with E-state index in [2.05, 4.69) is 49.1 Å². The van der Waals surface area contributed by atoms with E-state index in [1.165, 1.54) is 11.6 Å². The standard InChI is InChI=1S/C24H26FN7O3/c25-19-11-18(12-27-13-19)22-28-20-21(26)29-24(35-10-7-33)30-23(20)32(22)15-17-3-1-16(2-4-17)14-31-5-8-34-9-6-31/h1-4,11-13,33H,5-10,14-15H2,(H2,26,29,30). The maximum Gasteiger partial charge on any atom is 0.320 e. The Morgan fingerprint density at radius 1 is 1.03 bits per heavy atom. The van der Waals surface area contributed by atoms with Crippen molar-refractivity contribution in [3.05, 3.63) is 59.7 Å². The molecule has 3 aromatic heterocycles. The fourth-order valence-corrected chi connectivity index (χ4v) is 4.06. The molecule has 182 valence electrons. The van der Waals surface area contributed by atoms with Gasteiger partial charge in [0.1, 0.15) is 18.2 Å². The van der Waals surface area contributed by atoms with Crippen LogP contribution in [-0.2, 0) is 17.8 Å². The van der Waals surface area contributed by atoms with E-state index < -0.39 is 5.82 Å². The predicted molar refractivity (Wildman–Crippen MR) is 127 cm³/mol. The average Bonchev–Trinajstić information content (AvgIpc) is 3.23. The van der Waals surface area contributed by atoms with Crippen molar-refractivity contribution in [3.8, 4) is 17.4 Å². The zero-order chi connectivity index (χ0) is 24.2. The Bertz CT molecular complexity index is 1310. The highest BCUT2D eigenvalue weighted by Gasteiger charge is 2.20. The lowest BCUT2D eigenvalue weighted by Crippen LogP contribution is -2.35. The number of aromatic nitrogens is 5. The molecule has 0 radical (unpaired) electrons. The van der Waals surface area contributed by atoms with Crippen molar-refractivity contribution in [3.63, 3.8) is 0 Å². The van der Waals surface area contributed by atoms with Crippen molar-refractivity contribution < 1.29 is 19.0 Å². The van der Waals surface area contributed by atoms with Gasteiger partial charge in [-0.15, -0.1) is 0 Å². The molecule has 3 N–H and O–H groups in total. The third-order valence-corrected chi connectivity index (χ3v) is 5.76. The van der Waals surface area contributed by atoms with E-state index in [9.17, 15) is 4.39 Å². The van der Waals surface area contributed by atoms with Crippen molar-refractivity contribution in [2.75, 3.05) is 45.3 Å². The van der Waals surface area contributed by atoms with Crippen LogP contribution in [0.3, 0.4) is 0 Å². The lowest BCUT2D eigenvalue weighted by atomic mass is 10.1. The topological polar surface area (TPSA) is 124 Å². The minimum Gasteiger partial charge on any atom is -0.461 e. The van der Waals surface area contributed by atoms with Crippen LogP contribution in [0, 0.1) is 5.82 Å². The van der Waals surface area contributed by atoms with Crippen LogP contribution >= 0.6 is 0 Å². The van der Waals surface area contributed by atoms with Crippen molar-refractivity contribution in [1.29, 1.82) is 0 Å². The first-order chi connectivity index (χ1) is 17.1. The highest BCUT2D eigenvalue weighted by molar-refractivity contribution is 5.85. The number of ether oxygens (including phenoxy) is 2. The van der Waals surface area contributed by atoms with Crippen LogP contribution in [0.2, 0.25) is 0 Å². The summed E-state index contributed by atoms with van der Waals surface area (Å²) in [4.78, 5) is 19.6. The van der Waals surface area contributed by atoms with E-state index in [1.807, 2.05) is 4.57 Å². The summed E-state index contributed by atoms with van der Waals surface area (Å²) in [7, 11) is 0. The van der Waals surface area contributed by atoms with Gasteiger partial charge in [0.05, 0.1) is 32.6 Å². The maximum absolute atomic E-state index is 14.0. The molecule has 0 amide bonds. The number of halogens is 1. The molecule has 11 heteroatoms. The fraction of sp³-hybridized carbons (Fsp3) is 0.333. The third-order valence-electron chi connectivity index (χ3n) is 5.76. The van der Waals surface area contributed by atoms with Crippen LogP contribution in [0.4, 0.5) is 10.2 Å². The van der Waals surface area contributed by atoms with Crippen molar-refractivity contribution in [1.82, 2.24) is 29.4 Å². The van der Waals surface area contributed by atoms with E-state index in [-0.39, 0.29) is 25.0 Å². The van der Waals surface area contributed by atoms with Gasteiger partial charge >= 0.3 is 6.01 Å². The minimum atomic E-state index is -0.473. The van der Waals surface area contributed by atoms with Crippen LogP contribution < -0.4 is 10.5 Å². The number of hydrogen-bond donors (Lipinski definition) is 2. The van der Waals surface area contributed by atoms with E-state index in [0.717, 1.165) is 44.6 Å². The Morgan fingerprint density at radius 2 is 1.77 bits per heavy atom. The van der Waals surface area contributed by atoms with Crippen LogP contribution in [-0.4, -0.2) is 74.0 Å². The largest absolute Gasteiger partial charge is 0.461 e. The van der Waals surface area contributed by atoms with Gasteiger partial charge in [-0.25, -0.2) is 9.37 Å². The molecule has 5 rings (SSSR count). The summed E-state index contributed by atoms with van der Waals surface area (Å²) in [6.45, 7) is 4.51. The number of fused-ring (bicyclic) bond motifs is 1. The van der Waals surface area contributed by atoms with Crippen molar-refractivity contribution in [2.45, 2.75) is 13.1 Å². The Hall–Kier alpha value is -3.67. The van der Waals surface area contributed by atoms with E-state index >= 15 is 0 Å². The van der Waals surface area contributed by atoms with Gasteiger partial charge in [-0.2, -0.15) is 9.97 Å². The molecule has 1 aromatic carbocycles. The molecule has 35 heavy (non-hydrogen) atoms. The second kappa shape index (κ2) is 10.3. The second-order valence-corrected chi connectivity index (χ2v) is 8.25. The Morgan fingerprint density at radius 3 is 2.49 bits per heavy atom. The molecule has 1 fully saturated rings. The van der Waals surface area contributed by atoms with Gasteiger partial charge in [-0.3, -0.25) is 9.88 Å². The second-order valence-electron chi connectivity index (χ2n) is 8.25. The zero-order valence-corrected chi connectivity index (χ0v) is 19.1. The molecular weight excluding hydrogens is 453 g/mol. The molecule has 1 aliphatic heterocycles. The Labute approximate surface area is 201 Å². The fourth-order valence-electron chi connectivity index (χ4n) is 4.06. The van der Waals surface area contributed by atoms with Crippen LogP contribution in [0.5, 0.6) is 6.01 Å². The summed E-state index contributed by atoms with van der Waals surface area (Å²) < 4.78 is 26.6. The summed E-state index contributed by atoms with van der Waals surface area (Å²) in [5.41, 5.74) is 9.69. The first kappa shape index (κ1) is 23.1. The first-order valence-corrected chi connectivity index (χ1v) is 11.4. The monoisotopic (exact) mass is 479 g/mol. The highest BCUT2D eigenvalue weighted by atomic mass is 19.1. The lowest BCUT2D eigenvalue weighted by Gasteiger charge is -2.26. The van der Waals surface area contributed by atoms with Gasteiger partial charge in [-0.05, 0) is 17.2 Å². The van der Waals surface area contributed by atoms with Gasteiger partial charge < -0.3 is 24.9 Å². The molecule has 4 aromatic rings. The predicted octanol–water partition coefficient (Wildman–Crippen LogP) is 1.86. The number of aliphatic hydroxyl groups is 1. The number of nitrogen functional groups attached to an aromatic ring is 1. The smallest absolute Gasteiger partial charge is 0.320 e. The number of anilines is 1. The lowest BCUT2D eigenvalue weighted by molar-refractivity contribution is 0.0342. The van der Waals surface area contributed by atoms with Crippen LogP contribution in [0.15, 0.2) is 42.7 Å². The minimum absolute atomic E-state index is 0.0321. The summed E-state index contributed by atoms with van der Waals surface area (Å²) in [5.74, 6) is 0.123. The van der Waals surface area contributed by atoms with E-state index in [0.29, 0.717) is 29.1 Å². The number of pyridine rings is 1. The normalized spacial score (nSPS) is 14.5. The van der Waals surface area contributed by atoms with Gasteiger partial charge in [0.25, 0.3) is 0 Å². The molecule has 0 spiro atoms. The maximum atomic E-state index is 14.0. The van der Waals surface area contributed by atoms with Gasteiger partial charge in [0.15, 0.2) is 17.0 Å². The third kappa shape index (κ3) is 5.21. The number of hydrogen-bond acceptors (Lipinski definition) is 9. The highest BCUT2D eigenvalue weighted by Crippen LogP contribution is 2.28. The summed E-state index contributed by atoms with van der Waals surface area (Å²) in [5, 5.41) is 9.08. The van der Waals surface area contributed by atoms with E-state index in [4.69, 9.17) is 20.3 Å². The number of imidazole rings is 1. The summed E-state index contributed by atoms with van der Waals surface area (Å²) in [6.07, 6.45) is 2.68.